The highest BCUT2D eigenvalue weighted by molar-refractivity contribution is 6.30. The van der Waals surface area contributed by atoms with Gasteiger partial charge in [0.1, 0.15) is 0 Å². The van der Waals surface area contributed by atoms with Gasteiger partial charge in [-0.15, -0.1) is 0 Å². The van der Waals surface area contributed by atoms with Crippen molar-refractivity contribution in [1.82, 2.24) is 10.2 Å². The lowest BCUT2D eigenvalue weighted by molar-refractivity contribution is -0.131. The van der Waals surface area contributed by atoms with E-state index in [9.17, 15) is 4.79 Å². The van der Waals surface area contributed by atoms with Crippen LogP contribution in [0.2, 0.25) is 5.02 Å². The first-order valence-corrected chi connectivity index (χ1v) is 6.78. The van der Waals surface area contributed by atoms with Crippen molar-refractivity contribution in [3.63, 3.8) is 0 Å². The molecular formula is C14H19ClN2O. The third kappa shape index (κ3) is 3.47. The average molecular weight is 267 g/mol. The molecule has 0 atom stereocenters. The van der Waals surface area contributed by atoms with Crippen molar-refractivity contribution in [3.8, 4) is 0 Å². The van der Waals surface area contributed by atoms with Crippen molar-refractivity contribution in [3.05, 3.63) is 34.3 Å². The molecule has 98 valence electrons. The number of rotatable bonds is 3. The van der Waals surface area contributed by atoms with E-state index >= 15 is 0 Å². The van der Waals surface area contributed by atoms with Crippen LogP contribution in [0, 0.1) is 6.92 Å². The largest absolute Gasteiger partial charge is 0.340 e. The summed E-state index contributed by atoms with van der Waals surface area (Å²) in [7, 11) is 0. The summed E-state index contributed by atoms with van der Waals surface area (Å²) in [5.74, 6) is 0.246. The van der Waals surface area contributed by atoms with Gasteiger partial charge in [-0.3, -0.25) is 4.79 Å². The SMILES string of the molecule is Cc1ccc(Cl)cc1CCC(=O)N1CCNCC1. The van der Waals surface area contributed by atoms with Gasteiger partial charge in [0.05, 0.1) is 0 Å². The molecule has 4 heteroatoms. The Hall–Kier alpha value is -1.06. The summed E-state index contributed by atoms with van der Waals surface area (Å²) in [6, 6.07) is 5.85. The highest BCUT2D eigenvalue weighted by Gasteiger charge is 2.15. The average Bonchev–Trinajstić information content (AvgIpc) is 2.40. The lowest BCUT2D eigenvalue weighted by Gasteiger charge is -2.27. The van der Waals surface area contributed by atoms with Gasteiger partial charge in [0.2, 0.25) is 5.91 Å². The number of benzene rings is 1. The van der Waals surface area contributed by atoms with Crippen LogP contribution in [0.4, 0.5) is 0 Å². The molecule has 0 aliphatic carbocycles. The van der Waals surface area contributed by atoms with Crippen molar-refractivity contribution in [2.24, 2.45) is 0 Å². The predicted octanol–water partition coefficient (Wildman–Crippen LogP) is 2.01. The van der Waals surface area contributed by atoms with Crippen molar-refractivity contribution in [2.45, 2.75) is 19.8 Å². The summed E-state index contributed by atoms with van der Waals surface area (Å²) in [6.45, 7) is 5.52. The molecule has 1 aromatic carbocycles. The van der Waals surface area contributed by atoms with E-state index in [4.69, 9.17) is 11.6 Å². The van der Waals surface area contributed by atoms with Crippen LogP contribution >= 0.6 is 11.6 Å². The van der Waals surface area contributed by atoms with Gasteiger partial charge in [0.15, 0.2) is 0 Å². The number of carbonyl (C=O) groups excluding carboxylic acids is 1. The number of hydrogen-bond acceptors (Lipinski definition) is 2. The Morgan fingerprint density at radius 3 is 2.83 bits per heavy atom. The Morgan fingerprint density at radius 1 is 1.39 bits per heavy atom. The predicted molar refractivity (Wildman–Crippen MR) is 74.0 cm³/mol. The molecule has 0 saturated carbocycles. The van der Waals surface area contributed by atoms with Gasteiger partial charge in [-0.1, -0.05) is 17.7 Å². The topological polar surface area (TPSA) is 32.3 Å². The third-order valence-corrected chi connectivity index (χ3v) is 3.62. The quantitative estimate of drug-likeness (QED) is 0.908. The number of piperazine rings is 1. The molecule has 1 fully saturated rings. The summed E-state index contributed by atoms with van der Waals surface area (Å²) in [5, 5.41) is 3.99. The van der Waals surface area contributed by atoms with Gasteiger partial charge in [0, 0.05) is 37.6 Å². The van der Waals surface area contributed by atoms with Crippen molar-refractivity contribution in [1.29, 1.82) is 0 Å². The maximum absolute atomic E-state index is 12.0. The Labute approximate surface area is 113 Å². The standard InChI is InChI=1S/C14H19ClN2O/c1-11-2-4-13(15)10-12(11)3-5-14(18)17-8-6-16-7-9-17/h2,4,10,16H,3,5-9H2,1H3. The number of nitrogens with one attached hydrogen (secondary N) is 1. The smallest absolute Gasteiger partial charge is 0.222 e. The van der Waals surface area contributed by atoms with E-state index in [1.165, 1.54) is 11.1 Å². The number of nitrogens with zero attached hydrogens (tertiary/aromatic N) is 1. The first-order valence-electron chi connectivity index (χ1n) is 6.40. The minimum absolute atomic E-state index is 0.246. The van der Waals surface area contributed by atoms with Crippen LogP contribution in [0.25, 0.3) is 0 Å². The van der Waals surface area contributed by atoms with Gasteiger partial charge in [0.25, 0.3) is 0 Å². The van der Waals surface area contributed by atoms with E-state index in [-0.39, 0.29) is 5.91 Å². The third-order valence-electron chi connectivity index (χ3n) is 3.39. The molecule has 0 bridgehead atoms. The fraction of sp³-hybridized carbons (Fsp3) is 0.500. The number of aryl methyl sites for hydroxylation is 2. The molecule has 1 saturated heterocycles. The van der Waals surface area contributed by atoms with Gasteiger partial charge >= 0.3 is 0 Å². The molecule has 3 nitrogen and oxygen atoms in total. The summed E-state index contributed by atoms with van der Waals surface area (Å²) in [6.07, 6.45) is 1.34. The molecule has 1 aliphatic rings. The molecule has 1 N–H and O–H groups in total. The zero-order chi connectivity index (χ0) is 13.0. The van der Waals surface area contributed by atoms with Crippen LogP contribution in [-0.2, 0) is 11.2 Å². The van der Waals surface area contributed by atoms with Crippen molar-refractivity contribution < 1.29 is 4.79 Å². The van der Waals surface area contributed by atoms with Gasteiger partial charge in [-0.05, 0) is 36.6 Å². The second kappa shape index (κ2) is 6.21. The summed E-state index contributed by atoms with van der Waals surface area (Å²) in [4.78, 5) is 14.0. The Balaban J connectivity index is 1.90. The van der Waals surface area contributed by atoms with E-state index in [0.717, 1.165) is 37.6 Å². The second-order valence-corrected chi connectivity index (χ2v) is 5.14. The van der Waals surface area contributed by atoms with Crippen LogP contribution in [0.15, 0.2) is 18.2 Å². The molecule has 0 unspecified atom stereocenters. The van der Waals surface area contributed by atoms with Gasteiger partial charge < -0.3 is 10.2 Å². The minimum atomic E-state index is 0.246. The molecule has 1 aliphatic heterocycles. The molecule has 0 radical (unpaired) electrons. The van der Waals surface area contributed by atoms with E-state index in [0.29, 0.717) is 6.42 Å². The summed E-state index contributed by atoms with van der Waals surface area (Å²) >= 11 is 5.98. The monoisotopic (exact) mass is 266 g/mol. The first-order chi connectivity index (χ1) is 8.66. The van der Waals surface area contributed by atoms with Crippen molar-refractivity contribution in [2.75, 3.05) is 26.2 Å². The molecule has 1 amide bonds. The van der Waals surface area contributed by atoms with E-state index in [1.807, 2.05) is 23.1 Å². The lowest BCUT2D eigenvalue weighted by atomic mass is 10.0. The first kappa shape index (κ1) is 13.4. The zero-order valence-corrected chi connectivity index (χ0v) is 11.5. The molecular weight excluding hydrogens is 248 g/mol. The maximum atomic E-state index is 12.0. The van der Waals surface area contributed by atoms with E-state index in [1.54, 1.807) is 0 Å². The Morgan fingerprint density at radius 2 is 2.11 bits per heavy atom. The van der Waals surface area contributed by atoms with Crippen LogP contribution < -0.4 is 5.32 Å². The molecule has 1 heterocycles. The van der Waals surface area contributed by atoms with E-state index in [2.05, 4.69) is 12.2 Å². The fourth-order valence-electron chi connectivity index (χ4n) is 2.22. The lowest BCUT2D eigenvalue weighted by Crippen LogP contribution is -2.46. The molecule has 2 rings (SSSR count). The summed E-state index contributed by atoms with van der Waals surface area (Å²) < 4.78 is 0. The van der Waals surface area contributed by atoms with Crippen LogP contribution in [-0.4, -0.2) is 37.0 Å². The molecule has 1 aromatic rings. The van der Waals surface area contributed by atoms with Gasteiger partial charge in [-0.2, -0.15) is 0 Å². The number of carbonyl (C=O) groups is 1. The minimum Gasteiger partial charge on any atom is -0.340 e. The normalized spacial score (nSPS) is 15.8. The highest BCUT2D eigenvalue weighted by Crippen LogP contribution is 2.17. The number of amides is 1. The van der Waals surface area contributed by atoms with Crippen LogP contribution in [0.1, 0.15) is 17.5 Å². The fourth-order valence-corrected chi connectivity index (χ4v) is 2.42. The van der Waals surface area contributed by atoms with Crippen LogP contribution in [0.5, 0.6) is 0 Å². The second-order valence-electron chi connectivity index (χ2n) is 4.70. The molecule has 18 heavy (non-hydrogen) atoms. The molecule has 0 aromatic heterocycles. The summed E-state index contributed by atoms with van der Waals surface area (Å²) in [5.41, 5.74) is 2.37. The van der Waals surface area contributed by atoms with E-state index < -0.39 is 0 Å². The number of halogens is 1. The Kier molecular flexibility index (Phi) is 4.61. The zero-order valence-electron chi connectivity index (χ0n) is 10.7. The maximum Gasteiger partial charge on any atom is 0.222 e. The highest BCUT2D eigenvalue weighted by atomic mass is 35.5. The number of hydrogen-bond donors (Lipinski definition) is 1. The Bertz CT molecular complexity index is 428. The van der Waals surface area contributed by atoms with Crippen molar-refractivity contribution >= 4 is 17.5 Å². The van der Waals surface area contributed by atoms with Gasteiger partial charge in [-0.25, -0.2) is 0 Å². The van der Waals surface area contributed by atoms with Crippen LogP contribution in [0.3, 0.4) is 0 Å². The molecule has 0 spiro atoms.